The number of hydrazone groups is 1. The number of fused-ring (bicyclic) bond motifs is 1. The number of hydrogen-bond acceptors (Lipinski definition) is 6. The summed E-state index contributed by atoms with van der Waals surface area (Å²) < 4.78 is 17.6. The third-order valence-electron chi connectivity index (χ3n) is 3.99. The first-order chi connectivity index (χ1) is 15.1. The van der Waals surface area contributed by atoms with Gasteiger partial charge in [-0.3, -0.25) is 9.78 Å². The molecular weight excluding hydrogens is 509 g/mol. The van der Waals surface area contributed by atoms with E-state index in [0.29, 0.717) is 29.4 Å². The van der Waals surface area contributed by atoms with Crippen LogP contribution in [0.5, 0.6) is 17.2 Å². The lowest BCUT2D eigenvalue weighted by atomic mass is 10.2. The molecule has 1 amide bonds. The SMILES string of the molecule is C#CCOc1c(I)cc(/C=N/NC(=O)COc2cccc3cccnc23)cc1OCC. The summed E-state index contributed by atoms with van der Waals surface area (Å²) >= 11 is 2.13. The standard InChI is InChI=1S/C23H20IN3O4/c1-3-11-30-23-18(24)12-16(13-20(23)29-4-2)14-26-27-21(28)15-31-19-9-5-7-17-8-6-10-25-22(17)19/h1,5-10,12-14H,4,11,15H2,2H3,(H,27,28)/b26-14+. The number of terminal acetylenes is 1. The number of benzene rings is 2. The maximum absolute atomic E-state index is 12.1. The Balaban J connectivity index is 1.62. The van der Waals surface area contributed by atoms with Gasteiger partial charge < -0.3 is 14.2 Å². The zero-order valence-corrected chi connectivity index (χ0v) is 19.0. The van der Waals surface area contributed by atoms with E-state index in [0.717, 1.165) is 14.5 Å². The van der Waals surface area contributed by atoms with Crippen molar-refractivity contribution in [2.75, 3.05) is 19.8 Å². The molecule has 0 spiro atoms. The molecule has 0 saturated carbocycles. The largest absolute Gasteiger partial charge is 0.490 e. The molecule has 0 aliphatic carbocycles. The minimum Gasteiger partial charge on any atom is -0.490 e. The zero-order valence-electron chi connectivity index (χ0n) is 16.8. The minimum absolute atomic E-state index is 0.145. The number of para-hydroxylation sites is 1. The molecule has 3 aromatic rings. The summed E-state index contributed by atoms with van der Waals surface area (Å²) in [4.78, 5) is 16.4. The molecule has 3 rings (SSSR count). The molecule has 158 valence electrons. The van der Waals surface area contributed by atoms with E-state index in [1.165, 1.54) is 6.21 Å². The molecule has 8 heteroatoms. The summed E-state index contributed by atoms with van der Waals surface area (Å²) in [6.07, 6.45) is 8.47. The molecule has 0 aliphatic heterocycles. The quantitative estimate of drug-likeness (QED) is 0.198. The van der Waals surface area contributed by atoms with Gasteiger partial charge in [0.25, 0.3) is 5.91 Å². The van der Waals surface area contributed by atoms with E-state index >= 15 is 0 Å². The van der Waals surface area contributed by atoms with Crippen LogP contribution in [0, 0.1) is 15.9 Å². The number of ether oxygens (including phenoxy) is 3. The fourth-order valence-electron chi connectivity index (χ4n) is 2.73. The van der Waals surface area contributed by atoms with Crippen molar-refractivity contribution in [1.82, 2.24) is 10.4 Å². The van der Waals surface area contributed by atoms with Crippen molar-refractivity contribution in [3.8, 4) is 29.6 Å². The first-order valence-electron chi connectivity index (χ1n) is 9.43. The van der Waals surface area contributed by atoms with Crippen LogP contribution in [0.2, 0.25) is 0 Å². The van der Waals surface area contributed by atoms with E-state index < -0.39 is 5.91 Å². The van der Waals surface area contributed by atoms with Crippen molar-refractivity contribution in [3.63, 3.8) is 0 Å². The van der Waals surface area contributed by atoms with Crippen molar-refractivity contribution in [2.24, 2.45) is 5.10 Å². The van der Waals surface area contributed by atoms with Crippen LogP contribution in [-0.4, -0.2) is 36.9 Å². The molecule has 0 bridgehead atoms. The van der Waals surface area contributed by atoms with Gasteiger partial charge in [0.2, 0.25) is 0 Å². The van der Waals surface area contributed by atoms with Crippen LogP contribution in [0.25, 0.3) is 10.9 Å². The highest BCUT2D eigenvalue weighted by molar-refractivity contribution is 14.1. The van der Waals surface area contributed by atoms with Crippen LogP contribution in [0.15, 0.2) is 53.8 Å². The van der Waals surface area contributed by atoms with Gasteiger partial charge in [0.15, 0.2) is 18.1 Å². The summed E-state index contributed by atoms with van der Waals surface area (Å²) in [5, 5.41) is 4.94. The molecule has 1 aromatic heterocycles. The Morgan fingerprint density at radius 1 is 1.23 bits per heavy atom. The molecule has 0 saturated heterocycles. The third kappa shape index (κ3) is 6.08. The highest BCUT2D eigenvalue weighted by atomic mass is 127. The Labute approximate surface area is 193 Å². The highest BCUT2D eigenvalue weighted by Gasteiger charge is 2.12. The van der Waals surface area contributed by atoms with Gasteiger partial charge in [-0.25, -0.2) is 5.43 Å². The van der Waals surface area contributed by atoms with Gasteiger partial charge in [0, 0.05) is 11.6 Å². The summed E-state index contributed by atoms with van der Waals surface area (Å²) in [5.74, 6) is 3.73. The van der Waals surface area contributed by atoms with Gasteiger partial charge in [-0.1, -0.05) is 24.1 Å². The van der Waals surface area contributed by atoms with Crippen LogP contribution in [0.4, 0.5) is 0 Å². The number of pyridine rings is 1. The zero-order chi connectivity index (χ0) is 22.1. The molecule has 7 nitrogen and oxygen atoms in total. The number of rotatable bonds is 9. The van der Waals surface area contributed by atoms with Crippen molar-refractivity contribution in [1.29, 1.82) is 0 Å². The Morgan fingerprint density at radius 2 is 2.06 bits per heavy atom. The maximum Gasteiger partial charge on any atom is 0.277 e. The number of aromatic nitrogens is 1. The van der Waals surface area contributed by atoms with Crippen LogP contribution >= 0.6 is 22.6 Å². The molecule has 0 radical (unpaired) electrons. The predicted molar refractivity (Wildman–Crippen MR) is 128 cm³/mol. The van der Waals surface area contributed by atoms with Crippen LogP contribution < -0.4 is 19.6 Å². The monoisotopic (exact) mass is 529 g/mol. The van der Waals surface area contributed by atoms with E-state index in [2.05, 4.69) is 44.0 Å². The molecule has 2 aromatic carbocycles. The first kappa shape index (κ1) is 22.4. The van der Waals surface area contributed by atoms with Gasteiger partial charge in [0.05, 0.1) is 16.4 Å². The second kappa shape index (κ2) is 11.2. The average molecular weight is 529 g/mol. The Hall–Kier alpha value is -3.32. The van der Waals surface area contributed by atoms with E-state index in [4.69, 9.17) is 20.6 Å². The summed E-state index contributed by atoms with van der Waals surface area (Å²) in [7, 11) is 0. The third-order valence-corrected chi connectivity index (χ3v) is 4.79. The van der Waals surface area contributed by atoms with Crippen LogP contribution in [0.3, 0.4) is 0 Å². The molecule has 31 heavy (non-hydrogen) atoms. The Bertz CT molecular complexity index is 1140. The Kier molecular flexibility index (Phi) is 8.06. The second-order valence-electron chi connectivity index (χ2n) is 6.17. The molecule has 1 N–H and O–H groups in total. The van der Waals surface area contributed by atoms with E-state index in [1.807, 2.05) is 37.3 Å². The Morgan fingerprint density at radius 3 is 2.87 bits per heavy atom. The lowest BCUT2D eigenvalue weighted by Crippen LogP contribution is -2.24. The van der Waals surface area contributed by atoms with E-state index in [9.17, 15) is 4.79 Å². The molecule has 0 aliphatic rings. The van der Waals surface area contributed by atoms with Crippen molar-refractivity contribution < 1.29 is 19.0 Å². The molecule has 0 atom stereocenters. The minimum atomic E-state index is -0.391. The van der Waals surface area contributed by atoms with Crippen LogP contribution in [0.1, 0.15) is 12.5 Å². The number of carbonyl (C=O) groups is 1. The van der Waals surface area contributed by atoms with Gasteiger partial charge in [0.1, 0.15) is 17.9 Å². The molecule has 0 fully saturated rings. The van der Waals surface area contributed by atoms with Gasteiger partial charge in [-0.05, 0) is 59.3 Å². The van der Waals surface area contributed by atoms with Gasteiger partial charge >= 0.3 is 0 Å². The lowest BCUT2D eigenvalue weighted by molar-refractivity contribution is -0.123. The second-order valence-corrected chi connectivity index (χ2v) is 7.33. The first-order valence-corrected chi connectivity index (χ1v) is 10.5. The number of nitrogens with one attached hydrogen (secondary N) is 1. The summed E-state index contributed by atoms with van der Waals surface area (Å²) in [5.41, 5.74) is 3.89. The maximum atomic E-state index is 12.1. The molecular formula is C23H20IN3O4. The van der Waals surface area contributed by atoms with Crippen molar-refractivity contribution in [2.45, 2.75) is 6.92 Å². The number of amides is 1. The summed E-state index contributed by atoms with van der Waals surface area (Å²) in [6, 6.07) is 12.9. The lowest BCUT2D eigenvalue weighted by Gasteiger charge is -2.13. The predicted octanol–water partition coefficient (Wildman–Crippen LogP) is 3.78. The molecule has 1 heterocycles. The number of halogens is 1. The number of hydrogen-bond donors (Lipinski definition) is 1. The van der Waals surface area contributed by atoms with Crippen LogP contribution in [-0.2, 0) is 4.79 Å². The fraction of sp³-hybridized carbons (Fsp3) is 0.174. The van der Waals surface area contributed by atoms with Crippen molar-refractivity contribution >= 4 is 45.6 Å². The van der Waals surface area contributed by atoms with E-state index in [1.54, 1.807) is 18.3 Å². The average Bonchev–Trinajstić information content (AvgIpc) is 2.77. The van der Waals surface area contributed by atoms with Crippen molar-refractivity contribution in [3.05, 3.63) is 57.8 Å². The number of carbonyl (C=O) groups excluding carboxylic acids is 1. The summed E-state index contributed by atoms with van der Waals surface area (Å²) in [6.45, 7) is 2.31. The fourth-order valence-corrected chi connectivity index (χ4v) is 3.51. The van der Waals surface area contributed by atoms with Gasteiger partial charge in [-0.15, -0.1) is 6.42 Å². The topological polar surface area (TPSA) is 82.0 Å². The smallest absolute Gasteiger partial charge is 0.277 e. The number of nitrogens with zero attached hydrogens (tertiary/aromatic N) is 2. The molecule has 0 unspecified atom stereocenters. The van der Waals surface area contributed by atoms with E-state index in [-0.39, 0.29) is 13.2 Å². The normalized spacial score (nSPS) is 10.6. The van der Waals surface area contributed by atoms with Gasteiger partial charge in [-0.2, -0.15) is 5.10 Å². The highest BCUT2D eigenvalue weighted by Crippen LogP contribution is 2.33.